The van der Waals surface area contributed by atoms with Crippen LogP contribution in [0.5, 0.6) is 0 Å². The van der Waals surface area contributed by atoms with E-state index in [9.17, 15) is 0 Å². The Morgan fingerprint density at radius 3 is 2.80 bits per heavy atom. The number of benzene rings is 1. The van der Waals surface area contributed by atoms with Crippen LogP contribution in [0.2, 0.25) is 0 Å². The van der Waals surface area contributed by atoms with Gasteiger partial charge < -0.3 is 8.97 Å². The molecule has 0 spiro atoms. The molecule has 0 bridgehead atoms. The van der Waals surface area contributed by atoms with Crippen LogP contribution in [-0.2, 0) is 6.54 Å². The van der Waals surface area contributed by atoms with Crippen molar-refractivity contribution in [3.63, 3.8) is 0 Å². The van der Waals surface area contributed by atoms with E-state index in [1.54, 1.807) is 0 Å². The standard InChI is InChI=1S/C17H15N3/c1-13-10-14-6-2-3-7-16(14)20(13)12-15-11-19-9-5-4-8-17(19)18-15/h2-11H,12H2,1H3. The molecule has 0 aliphatic rings. The lowest BCUT2D eigenvalue weighted by Crippen LogP contribution is -2.01. The van der Waals surface area contributed by atoms with Crippen molar-refractivity contribution in [3.05, 3.63) is 72.3 Å². The van der Waals surface area contributed by atoms with Gasteiger partial charge in [0, 0.05) is 23.6 Å². The summed E-state index contributed by atoms with van der Waals surface area (Å²) in [5, 5.41) is 1.29. The van der Waals surface area contributed by atoms with Gasteiger partial charge in [-0.05, 0) is 36.6 Å². The predicted molar refractivity (Wildman–Crippen MR) is 81.0 cm³/mol. The minimum absolute atomic E-state index is 0.807. The lowest BCUT2D eigenvalue weighted by molar-refractivity contribution is 0.787. The van der Waals surface area contributed by atoms with E-state index < -0.39 is 0 Å². The molecule has 0 unspecified atom stereocenters. The molecule has 4 rings (SSSR count). The molecule has 3 heterocycles. The van der Waals surface area contributed by atoms with Crippen molar-refractivity contribution in [2.24, 2.45) is 0 Å². The predicted octanol–water partition coefficient (Wildman–Crippen LogP) is 3.65. The van der Waals surface area contributed by atoms with E-state index in [2.05, 4.69) is 57.4 Å². The van der Waals surface area contributed by atoms with Crippen LogP contribution in [-0.4, -0.2) is 14.0 Å². The van der Waals surface area contributed by atoms with Gasteiger partial charge in [-0.3, -0.25) is 0 Å². The van der Waals surface area contributed by atoms with E-state index in [1.807, 2.05) is 24.4 Å². The van der Waals surface area contributed by atoms with Gasteiger partial charge in [0.2, 0.25) is 0 Å². The molecule has 0 saturated heterocycles. The van der Waals surface area contributed by atoms with Gasteiger partial charge in [0.15, 0.2) is 0 Å². The van der Waals surface area contributed by atoms with Crippen LogP contribution in [0, 0.1) is 6.92 Å². The molecule has 0 radical (unpaired) electrons. The molecule has 4 aromatic rings. The minimum atomic E-state index is 0.807. The molecule has 3 heteroatoms. The van der Waals surface area contributed by atoms with Gasteiger partial charge in [-0.25, -0.2) is 4.98 Å². The van der Waals surface area contributed by atoms with Crippen molar-refractivity contribution in [2.45, 2.75) is 13.5 Å². The van der Waals surface area contributed by atoms with E-state index in [4.69, 9.17) is 0 Å². The molecule has 3 nitrogen and oxygen atoms in total. The Morgan fingerprint density at radius 2 is 1.90 bits per heavy atom. The summed E-state index contributed by atoms with van der Waals surface area (Å²) in [6.45, 7) is 2.96. The van der Waals surface area contributed by atoms with Crippen molar-refractivity contribution < 1.29 is 0 Å². The van der Waals surface area contributed by atoms with E-state index >= 15 is 0 Å². The van der Waals surface area contributed by atoms with Crippen LogP contribution in [0.15, 0.2) is 60.9 Å². The fourth-order valence-electron chi connectivity index (χ4n) is 2.78. The number of aryl methyl sites for hydroxylation is 1. The number of hydrogen-bond donors (Lipinski definition) is 0. The molecule has 0 fully saturated rings. The van der Waals surface area contributed by atoms with Gasteiger partial charge in [-0.15, -0.1) is 0 Å². The lowest BCUT2D eigenvalue weighted by atomic mass is 10.2. The number of para-hydroxylation sites is 1. The number of fused-ring (bicyclic) bond motifs is 2. The highest BCUT2D eigenvalue weighted by Crippen LogP contribution is 2.20. The first-order valence-electron chi connectivity index (χ1n) is 6.79. The Bertz CT molecular complexity index is 866. The average molecular weight is 261 g/mol. The zero-order chi connectivity index (χ0) is 13.5. The van der Waals surface area contributed by atoms with E-state index in [0.717, 1.165) is 17.9 Å². The summed E-state index contributed by atoms with van der Waals surface area (Å²) in [4.78, 5) is 4.68. The van der Waals surface area contributed by atoms with Crippen LogP contribution >= 0.6 is 0 Å². The molecule has 0 N–H and O–H groups in total. The second kappa shape index (κ2) is 4.23. The maximum absolute atomic E-state index is 4.68. The second-order valence-electron chi connectivity index (χ2n) is 5.13. The average Bonchev–Trinajstić information content (AvgIpc) is 3.00. The third-order valence-corrected chi connectivity index (χ3v) is 3.75. The molecule has 0 aliphatic heterocycles. The first kappa shape index (κ1) is 11.3. The molecule has 1 aromatic carbocycles. The summed E-state index contributed by atoms with van der Waals surface area (Å²) in [6.07, 6.45) is 4.13. The van der Waals surface area contributed by atoms with Gasteiger partial charge in [-0.2, -0.15) is 0 Å². The van der Waals surface area contributed by atoms with Crippen molar-refractivity contribution in [2.75, 3.05) is 0 Å². The molecule has 0 aliphatic carbocycles. The van der Waals surface area contributed by atoms with Crippen molar-refractivity contribution in [1.82, 2.24) is 14.0 Å². The number of pyridine rings is 1. The van der Waals surface area contributed by atoms with Gasteiger partial charge in [-0.1, -0.05) is 24.3 Å². The number of nitrogens with zero attached hydrogens (tertiary/aromatic N) is 3. The Hall–Kier alpha value is -2.55. The zero-order valence-corrected chi connectivity index (χ0v) is 11.3. The van der Waals surface area contributed by atoms with Gasteiger partial charge in [0.25, 0.3) is 0 Å². The molecular weight excluding hydrogens is 246 g/mol. The van der Waals surface area contributed by atoms with E-state index in [0.29, 0.717) is 0 Å². The molecule has 3 aromatic heterocycles. The zero-order valence-electron chi connectivity index (χ0n) is 11.3. The van der Waals surface area contributed by atoms with E-state index in [1.165, 1.54) is 16.6 Å². The third kappa shape index (κ3) is 1.71. The SMILES string of the molecule is Cc1cc2ccccc2n1Cc1cn2ccccc2n1. The minimum Gasteiger partial charge on any atom is -0.339 e. The normalized spacial score (nSPS) is 11.4. The topological polar surface area (TPSA) is 22.2 Å². The Labute approximate surface area is 117 Å². The van der Waals surface area contributed by atoms with E-state index in [-0.39, 0.29) is 0 Å². The monoisotopic (exact) mass is 261 g/mol. The Morgan fingerprint density at radius 1 is 1.05 bits per heavy atom. The molecule has 98 valence electrons. The fourth-order valence-corrected chi connectivity index (χ4v) is 2.78. The van der Waals surface area contributed by atoms with Crippen LogP contribution in [0.3, 0.4) is 0 Å². The summed E-state index contributed by atoms with van der Waals surface area (Å²) in [6, 6.07) is 16.8. The van der Waals surface area contributed by atoms with Crippen LogP contribution in [0.1, 0.15) is 11.4 Å². The summed E-state index contributed by atoms with van der Waals surface area (Å²) in [5.74, 6) is 0. The molecular formula is C17H15N3. The van der Waals surface area contributed by atoms with Gasteiger partial charge in [0.05, 0.1) is 12.2 Å². The lowest BCUT2D eigenvalue weighted by Gasteiger charge is -2.05. The smallest absolute Gasteiger partial charge is 0.137 e. The summed E-state index contributed by atoms with van der Waals surface area (Å²) in [7, 11) is 0. The molecule has 0 amide bonds. The summed E-state index contributed by atoms with van der Waals surface area (Å²) >= 11 is 0. The maximum atomic E-state index is 4.68. The first-order valence-corrected chi connectivity index (χ1v) is 6.79. The molecule has 0 saturated carbocycles. The van der Waals surface area contributed by atoms with Gasteiger partial charge >= 0.3 is 0 Å². The number of rotatable bonds is 2. The molecule has 0 atom stereocenters. The maximum Gasteiger partial charge on any atom is 0.137 e. The highest BCUT2D eigenvalue weighted by atomic mass is 15.0. The Kier molecular flexibility index (Phi) is 2.39. The first-order chi connectivity index (χ1) is 9.81. The number of hydrogen-bond acceptors (Lipinski definition) is 1. The van der Waals surface area contributed by atoms with Crippen molar-refractivity contribution in [3.8, 4) is 0 Å². The second-order valence-corrected chi connectivity index (χ2v) is 5.13. The highest BCUT2D eigenvalue weighted by Gasteiger charge is 2.07. The summed E-state index contributed by atoms with van der Waals surface area (Å²) in [5.41, 5.74) is 4.61. The largest absolute Gasteiger partial charge is 0.339 e. The summed E-state index contributed by atoms with van der Waals surface area (Å²) < 4.78 is 4.38. The van der Waals surface area contributed by atoms with Crippen LogP contribution in [0.4, 0.5) is 0 Å². The highest BCUT2D eigenvalue weighted by molar-refractivity contribution is 5.81. The fraction of sp³-hybridized carbons (Fsp3) is 0.118. The molecule has 20 heavy (non-hydrogen) atoms. The van der Waals surface area contributed by atoms with Crippen LogP contribution < -0.4 is 0 Å². The van der Waals surface area contributed by atoms with Crippen molar-refractivity contribution >= 4 is 16.6 Å². The Balaban J connectivity index is 1.82. The van der Waals surface area contributed by atoms with Crippen LogP contribution in [0.25, 0.3) is 16.6 Å². The number of imidazole rings is 1. The van der Waals surface area contributed by atoms with Gasteiger partial charge in [0.1, 0.15) is 5.65 Å². The third-order valence-electron chi connectivity index (χ3n) is 3.75. The van der Waals surface area contributed by atoms with Crippen molar-refractivity contribution in [1.29, 1.82) is 0 Å². The quantitative estimate of drug-likeness (QED) is 0.540. The number of aromatic nitrogens is 3.